The van der Waals surface area contributed by atoms with Crippen LogP contribution in [0.2, 0.25) is 0 Å². The zero-order valence-corrected chi connectivity index (χ0v) is 10.9. The molecule has 0 heterocycles. The third kappa shape index (κ3) is 4.29. The van der Waals surface area contributed by atoms with E-state index in [1.54, 1.807) is 6.07 Å². The summed E-state index contributed by atoms with van der Waals surface area (Å²) >= 11 is 3.34. The largest absolute Gasteiger partial charge is 0.373 e. The number of carbonyl (C=O) groups is 1. The molecule has 2 nitrogen and oxygen atoms in total. The third-order valence-electron chi connectivity index (χ3n) is 2.08. The van der Waals surface area contributed by atoms with E-state index in [0.29, 0.717) is 12.2 Å². The van der Waals surface area contributed by atoms with Gasteiger partial charge in [0.1, 0.15) is 6.61 Å². The van der Waals surface area contributed by atoms with Crippen LogP contribution in [0.5, 0.6) is 0 Å². The van der Waals surface area contributed by atoms with Crippen molar-refractivity contribution >= 4 is 21.7 Å². The average Bonchev–Trinajstić information content (AvgIpc) is 2.24. The lowest BCUT2D eigenvalue weighted by atomic mass is 10.1. The highest BCUT2D eigenvalue weighted by Gasteiger charge is 2.08. The Morgan fingerprint density at radius 3 is 2.75 bits per heavy atom. The van der Waals surface area contributed by atoms with Crippen molar-refractivity contribution in [1.82, 2.24) is 0 Å². The summed E-state index contributed by atoms with van der Waals surface area (Å²) < 4.78 is 6.09. The normalized spacial score (nSPS) is 10.1. The summed E-state index contributed by atoms with van der Waals surface area (Å²) in [7, 11) is 0. The minimum absolute atomic E-state index is 0.00538. The van der Waals surface area contributed by atoms with E-state index in [4.69, 9.17) is 4.74 Å². The van der Waals surface area contributed by atoms with Crippen LogP contribution in [-0.2, 0) is 4.74 Å². The van der Waals surface area contributed by atoms with Crippen molar-refractivity contribution in [3.8, 4) is 0 Å². The van der Waals surface area contributed by atoms with Crippen LogP contribution in [0.15, 0.2) is 40.9 Å². The molecule has 0 unspecified atom stereocenters. The molecular weight excluding hydrogens is 268 g/mol. The fraction of sp³-hybridized carbons (Fsp3) is 0.308. The number of ketones is 1. The maximum atomic E-state index is 11.7. The predicted molar refractivity (Wildman–Crippen MR) is 68.7 cm³/mol. The first-order chi connectivity index (χ1) is 7.61. The second-order valence-corrected chi connectivity index (χ2v) is 4.52. The quantitative estimate of drug-likeness (QED) is 0.453. The zero-order chi connectivity index (χ0) is 12.0. The molecule has 0 saturated carbocycles. The molecule has 0 aliphatic rings. The molecule has 0 radical (unpaired) electrons. The second kappa shape index (κ2) is 6.61. The molecule has 0 saturated heterocycles. The van der Waals surface area contributed by atoms with Crippen LogP contribution in [-0.4, -0.2) is 19.0 Å². The first kappa shape index (κ1) is 13.1. The van der Waals surface area contributed by atoms with Gasteiger partial charge in [-0.3, -0.25) is 4.79 Å². The SMILES string of the molecule is C=C(C)CCOCC(=O)c1ccccc1Br. The Bertz CT molecular complexity index is 385. The molecule has 1 aromatic carbocycles. The van der Waals surface area contributed by atoms with Crippen LogP contribution in [0.3, 0.4) is 0 Å². The zero-order valence-electron chi connectivity index (χ0n) is 9.33. The summed E-state index contributed by atoms with van der Waals surface area (Å²) in [6, 6.07) is 7.35. The van der Waals surface area contributed by atoms with Gasteiger partial charge in [-0.1, -0.05) is 39.7 Å². The smallest absolute Gasteiger partial charge is 0.189 e. The molecule has 0 bridgehead atoms. The minimum atomic E-state index is -0.00538. The van der Waals surface area contributed by atoms with Gasteiger partial charge in [0.15, 0.2) is 5.78 Å². The number of hydrogen-bond acceptors (Lipinski definition) is 2. The van der Waals surface area contributed by atoms with Gasteiger partial charge in [-0.15, -0.1) is 6.58 Å². The molecule has 0 atom stereocenters. The molecule has 0 amide bonds. The Balaban J connectivity index is 2.41. The highest BCUT2D eigenvalue weighted by atomic mass is 79.9. The summed E-state index contributed by atoms with van der Waals surface area (Å²) in [6.45, 7) is 6.38. The van der Waals surface area contributed by atoms with Crippen LogP contribution in [0.25, 0.3) is 0 Å². The first-order valence-corrected chi connectivity index (χ1v) is 5.90. The fourth-order valence-electron chi connectivity index (χ4n) is 1.18. The highest BCUT2D eigenvalue weighted by Crippen LogP contribution is 2.16. The van der Waals surface area contributed by atoms with E-state index in [1.165, 1.54) is 0 Å². The van der Waals surface area contributed by atoms with Crippen molar-refractivity contribution in [2.75, 3.05) is 13.2 Å². The Morgan fingerprint density at radius 1 is 1.44 bits per heavy atom. The van der Waals surface area contributed by atoms with E-state index < -0.39 is 0 Å². The van der Waals surface area contributed by atoms with Gasteiger partial charge in [0.05, 0.1) is 6.61 Å². The number of rotatable bonds is 6. The lowest BCUT2D eigenvalue weighted by molar-refractivity contribution is 0.0765. The van der Waals surface area contributed by atoms with Gasteiger partial charge in [0.2, 0.25) is 0 Å². The molecule has 16 heavy (non-hydrogen) atoms. The van der Waals surface area contributed by atoms with E-state index in [9.17, 15) is 4.79 Å². The van der Waals surface area contributed by atoms with Crippen molar-refractivity contribution in [1.29, 1.82) is 0 Å². The first-order valence-electron chi connectivity index (χ1n) is 5.11. The molecular formula is C13H15BrO2. The number of Topliss-reactive ketones (excluding diaryl/α,β-unsaturated/α-hetero) is 1. The summed E-state index contributed by atoms with van der Waals surface area (Å²) in [5.41, 5.74) is 1.73. The number of ether oxygens (including phenoxy) is 1. The second-order valence-electron chi connectivity index (χ2n) is 3.66. The molecule has 86 valence electrons. The van der Waals surface area contributed by atoms with Gasteiger partial charge < -0.3 is 4.74 Å². The van der Waals surface area contributed by atoms with E-state index in [0.717, 1.165) is 16.5 Å². The summed E-state index contributed by atoms with van der Waals surface area (Å²) in [6.07, 6.45) is 0.795. The average molecular weight is 283 g/mol. The van der Waals surface area contributed by atoms with Gasteiger partial charge in [-0.2, -0.15) is 0 Å². The number of hydrogen-bond donors (Lipinski definition) is 0. The molecule has 0 spiro atoms. The Morgan fingerprint density at radius 2 is 2.12 bits per heavy atom. The molecule has 3 heteroatoms. The van der Waals surface area contributed by atoms with Crippen molar-refractivity contribution < 1.29 is 9.53 Å². The van der Waals surface area contributed by atoms with Crippen LogP contribution >= 0.6 is 15.9 Å². The highest BCUT2D eigenvalue weighted by molar-refractivity contribution is 9.10. The summed E-state index contributed by atoms with van der Waals surface area (Å²) in [5, 5.41) is 0. The Hall–Kier alpha value is -0.930. The van der Waals surface area contributed by atoms with Gasteiger partial charge in [-0.25, -0.2) is 0 Å². The molecule has 0 aromatic heterocycles. The maximum Gasteiger partial charge on any atom is 0.189 e. The number of carbonyl (C=O) groups excluding carboxylic acids is 1. The topological polar surface area (TPSA) is 26.3 Å². The lowest BCUT2D eigenvalue weighted by Gasteiger charge is -2.05. The van der Waals surface area contributed by atoms with E-state index in [1.807, 2.05) is 25.1 Å². The van der Waals surface area contributed by atoms with Crippen molar-refractivity contribution in [2.24, 2.45) is 0 Å². The standard InChI is InChI=1S/C13H15BrO2/c1-10(2)7-8-16-9-13(15)11-5-3-4-6-12(11)14/h3-6H,1,7-9H2,2H3. The molecule has 0 aliphatic carbocycles. The Kier molecular flexibility index (Phi) is 5.43. The molecule has 0 aliphatic heterocycles. The van der Waals surface area contributed by atoms with Crippen molar-refractivity contribution in [3.05, 3.63) is 46.5 Å². The lowest BCUT2D eigenvalue weighted by Crippen LogP contribution is -2.10. The molecule has 1 aromatic rings. The van der Waals surface area contributed by atoms with Crippen molar-refractivity contribution in [2.45, 2.75) is 13.3 Å². The van der Waals surface area contributed by atoms with Crippen LogP contribution in [0.4, 0.5) is 0 Å². The summed E-state index contributed by atoms with van der Waals surface area (Å²) in [5.74, 6) is -0.00538. The maximum absolute atomic E-state index is 11.7. The summed E-state index contributed by atoms with van der Waals surface area (Å²) in [4.78, 5) is 11.7. The van der Waals surface area contributed by atoms with Gasteiger partial charge in [0.25, 0.3) is 0 Å². The van der Waals surface area contributed by atoms with Gasteiger partial charge in [0, 0.05) is 10.0 Å². The molecule has 0 fully saturated rings. The van der Waals surface area contributed by atoms with Crippen LogP contribution < -0.4 is 0 Å². The number of halogens is 1. The fourth-order valence-corrected chi connectivity index (χ4v) is 1.68. The van der Waals surface area contributed by atoms with E-state index in [2.05, 4.69) is 22.5 Å². The van der Waals surface area contributed by atoms with E-state index in [-0.39, 0.29) is 12.4 Å². The predicted octanol–water partition coefficient (Wildman–Crippen LogP) is 3.61. The van der Waals surface area contributed by atoms with Gasteiger partial charge >= 0.3 is 0 Å². The molecule has 0 N–H and O–H groups in total. The van der Waals surface area contributed by atoms with Crippen molar-refractivity contribution in [3.63, 3.8) is 0 Å². The van der Waals surface area contributed by atoms with E-state index >= 15 is 0 Å². The molecule has 1 rings (SSSR count). The number of benzene rings is 1. The monoisotopic (exact) mass is 282 g/mol. The Labute approximate surface area is 104 Å². The van der Waals surface area contributed by atoms with Gasteiger partial charge in [-0.05, 0) is 19.4 Å². The minimum Gasteiger partial charge on any atom is -0.373 e. The van der Waals surface area contributed by atoms with Crippen LogP contribution in [0.1, 0.15) is 23.7 Å². The van der Waals surface area contributed by atoms with Crippen LogP contribution in [0, 0.1) is 0 Å². The third-order valence-corrected chi connectivity index (χ3v) is 2.77.